The third-order valence-corrected chi connectivity index (χ3v) is 2.39. The number of rotatable bonds is 6. The third kappa shape index (κ3) is 5.38. The van der Waals surface area contributed by atoms with E-state index in [-0.39, 0.29) is 0 Å². The van der Waals surface area contributed by atoms with Crippen molar-refractivity contribution >= 4 is 23.2 Å². The number of hydrogen-bond donors (Lipinski definition) is 1. The van der Waals surface area contributed by atoms with Crippen LogP contribution in [0.4, 0.5) is 0 Å². The summed E-state index contributed by atoms with van der Waals surface area (Å²) in [5.41, 5.74) is 1.10. The van der Waals surface area contributed by atoms with Crippen molar-refractivity contribution in [2.75, 3.05) is 20.3 Å². The Kier molecular flexibility index (Phi) is 6.03. The van der Waals surface area contributed by atoms with Crippen LogP contribution in [0.15, 0.2) is 18.2 Å². The molecule has 0 aromatic heterocycles. The smallest absolute Gasteiger partial charge is 0.0474 e. The molecule has 1 aromatic carbocycles. The molecule has 1 aromatic rings. The van der Waals surface area contributed by atoms with Crippen molar-refractivity contribution in [3.05, 3.63) is 33.8 Å². The van der Waals surface area contributed by atoms with Gasteiger partial charge in [-0.2, -0.15) is 0 Å². The molecule has 0 amide bonds. The molecule has 0 saturated heterocycles. The van der Waals surface area contributed by atoms with E-state index in [4.69, 9.17) is 27.9 Å². The fourth-order valence-corrected chi connectivity index (χ4v) is 1.86. The molecule has 0 aliphatic carbocycles. The molecule has 0 aliphatic rings. The zero-order valence-electron chi connectivity index (χ0n) is 8.72. The van der Waals surface area contributed by atoms with Gasteiger partial charge in [0.05, 0.1) is 0 Å². The molecule has 0 bridgehead atoms. The first-order valence-corrected chi connectivity index (χ1v) is 5.62. The Balaban J connectivity index is 2.31. The Morgan fingerprint density at radius 1 is 1.20 bits per heavy atom. The lowest BCUT2D eigenvalue weighted by molar-refractivity contribution is 0.194. The number of nitrogens with one attached hydrogen (secondary N) is 1. The number of ether oxygens (including phenoxy) is 1. The number of methoxy groups -OCH3 is 1. The molecule has 0 fully saturated rings. The van der Waals surface area contributed by atoms with Gasteiger partial charge in [0.25, 0.3) is 0 Å². The molecule has 15 heavy (non-hydrogen) atoms. The van der Waals surface area contributed by atoms with Gasteiger partial charge in [-0.1, -0.05) is 23.2 Å². The van der Waals surface area contributed by atoms with Gasteiger partial charge >= 0.3 is 0 Å². The van der Waals surface area contributed by atoms with Gasteiger partial charge < -0.3 is 10.1 Å². The zero-order chi connectivity index (χ0) is 11.1. The van der Waals surface area contributed by atoms with Gasteiger partial charge in [-0.25, -0.2) is 0 Å². The van der Waals surface area contributed by atoms with Crippen LogP contribution in [0.3, 0.4) is 0 Å². The molecule has 1 rings (SSSR count). The number of halogens is 2. The first-order valence-electron chi connectivity index (χ1n) is 4.87. The molecule has 4 heteroatoms. The molecular weight excluding hydrogens is 233 g/mol. The first kappa shape index (κ1) is 12.8. The summed E-state index contributed by atoms with van der Waals surface area (Å²) in [5, 5.41) is 4.65. The van der Waals surface area contributed by atoms with Gasteiger partial charge in [0.15, 0.2) is 0 Å². The van der Waals surface area contributed by atoms with Crippen LogP contribution >= 0.6 is 23.2 Å². The predicted octanol–water partition coefficient (Wildman–Crippen LogP) is 3.12. The number of benzene rings is 1. The maximum Gasteiger partial charge on any atom is 0.0474 e. The summed E-state index contributed by atoms with van der Waals surface area (Å²) in [6.07, 6.45) is 1.00. The number of hydrogen-bond acceptors (Lipinski definition) is 2. The Bertz CT molecular complexity index is 284. The third-order valence-electron chi connectivity index (χ3n) is 1.95. The monoisotopic (exact) mass is 247 g/mol. The molecule has 0 unspecified atom stereocenters. The van der Waals surface area contributed by atoms with E-state index >= 15 is 0 Å². The fraction of sp³-hybridized carbons (Fsp3) is 0.455. The van der Waals surface area contributed by atoms with E-state index < -0.39 is 0 Å². The minimum absolute atomic E-state index is 0.677. The molecule has 0 spiro atoms. The van der Waals surface area contributed by atoms with Gasteiger partial charge in [0, 0.05) is 30.3 Å². The van der Waals surface area contributed by atoms with E-state index in [9.17, 15) is 0 Å². The average Bonchev–Trinajstić information content (AvgIpc) is 2.16. The van der Waals surface area contributed by atoms with Crippen molar-refractivity contribution in [1.29, 1.82) is 0 Å². The maximum atomic E-state index is 5.88. The largest absolute Gasteiger partial charge is 0.385 e. The van der Waals surface area contributed by atoms with Crippen LogP contribution in [0, 0.1) is 0 Å². The fourth-order valence-electron chi connectivity index (χ4n) is 1.29. The Morgan fingerprint density at radius 2 is 1.87 bits per heavy atom. The van der Waals surface area contributed by atoms with Gasteiger partial charge in [-0.15, -0.1) is 0 Å². The molecule has 1 N–H and O–H groups in total. The Labute approximate surface area is 101 Å². The van der Waals surface area contributed by atoms with Crippen LogP contribution in [-0.4, -0.2) is 20.3 Å². The maximum absolute atomic E-state index is 5.88. The topological polar surface area (TPSA) is 21.3 Å². The molecule has 0 radical (unpaired) electrons. The normalized spacial score (nSPS) is 10.6. The van der Waals surface area contributed by atoms with E-state index in [2.05, 4.69) is 5.32 Å². The Hall–Kier alpha value is -0.280. The molecule has 0 heterocycles. The lowest BCUT2D eigenvalue weighted by atomic mass is 10.2. The summed E-state index contributed by atoms with van der Waals surface area (Å²) in [5.74, 6) is 0. The minimum atomic E-state index is 0.677. The molecule has 0 atom stereocenters. The zero-order valence-corrected chi connectivity index (χ0v) is 10.2. The van der Waals surface area contributed by atoms with E-state index in [0.29, 0.717) is 10.0 Å². The molecule has 0 aliphatic heterocycles. The van der Waals surface area contributed by atoms with Crippen molar-refractivity contribution in [2.24, 2.45) is 0 Å². The highest BCUT2D eigenvalue weighted by Crippen LogP contribution is 2.18. The van der Waals surface area contributed by atoms with Crippen LogP contribution in [0.1, 0.15) is 12.0 Å². The van der Waals surface area contributed by atoms with Crippen LogP contribution in [0.5, 0.6) is 0 Å². The highest BCUT2D eigenvalue weighted by molar-refractivity contribution is 6.34. The summed E-state index contributed by atoms with van der Waals surface area (Å²) in [4.78, 5) is 0. The minimum Gasteiger partial charge on any atom is -0.385 e. The van der Waals surface area contributed by atoms with Crippen molar-refractivity contribution in [3.63, 3.8) is 0 Å². The lowest BCUT2D eigenvalue weighted by Crippen LogP contribution is -2.16. The quantitative estimate of drug-likeness (QED) is 0.781. The molecule has 84 valence electrons. The SMILES string of the molecule is COCCCNCc1cc(Cl)cc(Cl)c1. The van der Waals surface area contributed by atoms with E-state index in [1.807, 2.05) is 12.1 Å². The molecular formula is C11H15Cl2NO. The van der Waals surface area contributed by atoms with Crippen LogP contribution in [0.25, 0.3) is 0 Å². The Morgan fingerprint density at radius 3 is 2.47 bits per heavy atom. The predicted molar refractivity (Wildman–Crippen MR) is 64.7 cm³/mol. The summed E-state index contributed by atoms with van der Waals surface area (Å²) in [7, 11) is 1.71. The second kappa shape index (κ2) is 7.07. The van der Waals surface area contributed by atoms with Gasteiger partial charge in [-0.05, 0) is 36.7 Å². The lowest BCUT2D eigenvalue weighted by Gasteiger charge is -2.05. The second-order valence-electron chi connectivity index (χ2n) is 3.30. The van der Waals surface area contributed by atoms with Crippen LogP contribution < -0.4 is 5.32 Å². The van der Waals surface area contributed by atoms with E-state index in [0.717, 1.165) is 31.7 Å². The van der Waals surface area contributed by atoms with E-state index in [1.54, 1.807) is 13.2 Å². The van der Waals surface area contributed by atoms with Gasteiger partial charge in [-0.3, -0.25) is 0 Å². The standard InChI is InChI=1S/C11H15Cl2NO/c1-15-4-2-3-14-8-9-5-10(12)7-11(13)6-9/h5-7,14H,2-4,8H2,1H3. The van der Waals surface area contributed by atoms with Crippen molar-refractivity contribution in [3.8, 4) is 0 Å². The van der Waals surface area contributed by atoms with E-state index in [1.165, 1.54) is 0 Å². The second-order valence-corrected chi connectivity index (χ2v) is 4.17. The van der Waals surface area contributed by atoms with Crippen molar-refractivity contribution in [2.45, 2.75) is 13.0 Å². The average molecular weight is 248 g/mol. The van der Waals surface area contributed by atoms with Crippen LogP contribution in [-0.2, 0) is 11.3 Å². The molecule has 2 nitrogen and oxygen atoms in total. The van der Waals surface area contributed by atoms with Gasteiger partial charge in [0.2, 0.25) is 0 Å². The van der Waals surface area contributed by atoms with Crippen molar-refractivity contribution in [1.82, 2.24) is 5.32 Å². The summed E-state index contributed by atoms with van der Waals surface area (Å²) >= 11 is 11.8. The first-order chi connectivity index (χ1) is 7.22. The summed E-state index contributed by atoms with van der Waals surface area (Å²) < 4.78 is 4.95. The van der Waals surface area contributed by atoms with Crippen LogP contribution in [0.2, 0.25) is 10.0 Å². The van der Waals surface area contributed by atoms with Gasteiger partial charge in [0.1, 0.15) is 0 Å². The highest BCUT2D eigenvalue weighted by atomic mass is 35.5. The molecule has 0 saturated carbocycles. The highest BCUT2D eigenvalue weighted by Gasteiger charge is 1.97. The van der Waals surface area contributed by atoms with Crippen molar-refractivity contribution < 1.29 is 4.74 Å². The summed E-state index contributed by atoms with van der Waals surface area (Å²) in [6.45, 7) is 2.49. The summed E-state index contributed by atoms with van der Waals surface area (Å²) in [6, 6.07) is 5.56.